The number of nitrogens with zero attached hydrogens (tertiary/aromatic N) is 4. The van der Waals surface area contributed by atoms with E-state index in [9.17, 15) is 4.79 Å². The van der Waals surface area contributed by atoms with Gasteiger partial charge in [0.15, 0.2) is 0 Å². The summed E-state index contributed by atoms with van der Waals surface area (Å²) in [6.45, 7) is 1.38. The van der Waals surface area contributed by atoms with E-state index in [2.05, 4.69) is 15.0 Å². The molecule has 0 atom stereocenters. The van der Waals surface area contributed by atoms with Gasteiger partial charge in [0.05, 0.1) is 35.4 Å². The molecule has 6 nitrogen and oxygen atoms in total. The second-order valence-electron chi connectivity index (χ2n) is 5.48. The number of anilines is 1. The predicted octanol–water partition coefficient (Wildman–Crippen LogP) is 1.89. The highest BCUT2D eigenvalue weighted by atomic mass is 16.1. The van der Waals surface area contributed by atoms with Crippen LogP contribution in [-0.4, -0.2) is 20.7 Å². The highest BCUT2D eigenvalue weighted by Crippen LogP contribution is 2.31. The first-order chi connectivity index (χ1) is 11.2. The average molecular weight is 305 g/mol. The van der Waals surface area contributed by atoms with E-state index in [-0.39, 0.29) is 0 Å². The maximum absolute atomic E-state index is 11.6. The van der Waals surface area contributed by atoms with Gasteiger partial charge in [0.1, 0.15) is 0 Å². The lowest BCUT2D eigenvalue weighted by atomic mass is 10.2. The van der Waals surface area contributed by atoms with Gasteiger partial charge in [-0.1, -0.05) is 18.2 Å². The molecule has 0 bridgehead atoms. The van der Waals surface area contributed by atoms with E-state index >= 15 is 0 Å². The van der Waals surface area contributed by atoms with Gasteiger partial charge in [0.2, 0.25) is 0 Å². The van der Waals surface area contributed by atoms with Gasteiger partial charge in [-0.2, -0.15) is 5.10 Å². The molecule has 2 N–H and O–H groups in total. The number of para-hydroxylation sites is 1. The van der Waals surface area contributed by atoms with Crippen LogP contribution in [0.3, 0.4) is 0 Å². The van der Waals surface area contributed by atoms with Crippen molar-refractivity contribution in [2.75, 3.05) is 4.90 Å². The molecule has 23 heavy (non-hydrogen) atoms. The summed E-state index contributed by atoms with van der Waals surface area (Å²) < 4.78 is 1.94. The van der Waals surface area contributed by atoms with Gasteiger partial charge in [0.25, 0.3) is 5.91 Å². The Morgan fingerprint density at radius 3 is 2.70 bits per heavy atom. The number of carbonyl (C=O) groups excluding carboxylic acids is 1. The van der Waals surface area contributed by atoms with Crippen molar-refractivity contribution in [3.05, 3.63) is 71.8 Å². The Bertz CT molecular complexity index is 872. The van der Waals surface area contributed by atoms with Crippen LogP contribution in [0.1, 0.15) is 21.6 Å². The Morgan fingerprint density at radius 1 is 1.09 bits per heavy atom. The number of amides is 1. The van der Waals surface area contributed by atoms with Crippen molar-refractivity contribution in [3.8, 4) is 5.69 Å². The number of fused-ring (bicyclic) bond motifs is 1. The molecule has 0 spiro atoms. The number of hydrogen-bond donors (Lipinski definition) is 1. The largest absolute Gasteiger partial charge is 0.365 e. The van der Waals surface area contributed by atoms with E-state index in [1.165, 1.54) is 6.20 Å². The summed E-state index contributed by atoms with van der Waals surface area (Å²) in [7, 11) is 0. The molecule has 114 valence electrons. The zero-order chi connectivity index (χ0) is 15.8. The minimum Gasteiger partial charge on any atom is -0.365 e. The van der Waals surface area contributed by atoms with Crippen LogP contribution < -0.4 is 10.6 Å². The maximum atomic E-state index is 11.6. The van der Waals surface area contributed by atoms with Crippen molar-refractivity contribution in [2.24, 2.45) is 5.73 Å². The van der Waals surface area contributed by atoms with E-state index in [4.69, 9.17) is 5.73 Å². The van der Waals surface area contributed by atoms with Gasteiger partial charge in [-0.25, -0.2) is 4.68 Å². The van der Waals surface area contributed by atoms with Gasteiger partial charge in [-0.15, -0.1) is 0 Å². The Kier molecular flexibility index (Phi) is 3.08. The maximum Gasteiger partial charge on any atom is 0.252 e. The molecule has 3 aromatic rings. The lowest BCUT2D eigenvalue weighted by molar-refractivity contribution is 0.100. The summed E-state index contributed by atoms with van der Waals surface area (Å²) in [4.78, 5) is 17.7. The van der Waals surface area contributed by atoms with Crippen molar-refractivity contribution in [1.82, 2.24) is 14.8 Å². The molecule has 0 saturated carbocycles. The van der Waals surface area contributed by atoms with Crippen LogP contribution in [0.15, 0.2) is 55.0 Å². The number of primary amides is 1. The summed E-state index contributed by atoms with van der Waals surface area (Å²) in [5.74, 6) is -0.464. The van der Waals surface area contributed by atoms with Crippen LogP contribution in [0.25, 0.3) is 5.69 Å². The molecule has 0 saturated heterocycles. The van der Waals surface area contributed by atoms with Crippen LogP contribution in [0, 0.1) is 0 Å². The molecule has 0 unspecified atom stereocenters. The molecule has 0 fully saturated rings. The molecule has 1 aliphatic rings. The van der Waals surface area contributed by atoms with Crippen LogP contribution in [-0.2, 0) is 13.1 Å². The van der Waals surface area contributed by atoms with Crippen molar-refractivity contribution in [3.63, 3.8) is 0 Å². The number of hydrogen-bond acceptors (Lipinski definition) is 4. The Balaban J connectivity index is 1.70. The highest BCUT2D eigenvalue weighted by Gasteiger charge is 2.26. The molecule has 0 aliphatic carbocycles. The van der Waals surface area contributed by atoms with Gasteiger partial charge in [-0.3, -0.25) is 9.78 Å². The van der Waals surface area contributed by atoms with Crippen molar-refractivity contribution in [1.29, 1.82) is 0 Å². The fourth-order valence-electron chi connectivity index (χ4n) is 2.97. The minimum atomic E-state index is -0.464. The molecule has 1 aliphatic heterocycles. The second-order valence-corrected chi connectivity index (χ2v) is 5.48. The molecule has 2 aromatic heterocycles. The molecule has 6 heteroatoms. The molecule has 3 heterocycles. The standard InChI is InChI=1S/C17H15N5O/c18-17(23)14-9-19-7-6-15(14)21-10-12-8-20-22(16(12)11-21)13-4-2-1-3-5-13/h1-9H,10-11H2,(H2,18,23). The van der Waals surface area contributed by atoms with Crippen LogP contribution in [0.2, 0.25) is 0 Å². The van der Waals surface area contributed by atoms with Gasteiger partial charge in [0, 0.05) is 24.5 Å². The van der Waals surface area contributed by atoms with Gasteiger partial charge >= 0.3 is 0 Å². The molecule has 0 radical (unpaired) electrons. The summed E-state index contributed by atoms with van der Waals surface area (Å²) in [5, 5.41) is 4.48. The fraction of sp³-hybridized carbons (Fsp3) is 0.118. The third-order valence-electron chi connectivity index (χ3n) is 4.06. The SMILES string of the molecule is NC(=O)c1cnccc1N1Cc2cnn(-c3ccccc3)c2C1. The van der Waals surface area contributed by atoms with Crippen molar-refractivity contribution in [2.45, 2.75) is 13.1 Å². The predicted molar refractivity (Wildman–Crippen MR) is 86.2 cm³/mol. The van der Waals surface area contributed by atoms with E-state index < -0.39 is 5.91 Å². The summed E-state index contributed by atoms with van der Waals surface area (Å²) >= 11 is 0. The topological polar surface area (TPSA) is 77.0 Å². The zero-order valence-corrected chi connectivity index (χ0v) is 12.4. The third kappa shape index (κ3) is 2.24. The number of carbonyl (C=O) groups is 1. The summed E-state index contributed by atoms with van der Waals surface area (Å²) in [6.07, 6.45) is 5.08. The zero-order valence-electron chi connectivity index (χ0n) is 12.4. The number of pyridine rings is 1. The van der Waals surface area contributed by atoms with Crippen LogP contribution in [0.4, 0.5) is 5.69 Å². The minimum absolute atomic E-state index is 0.442. The first-order valence-corrected chi connectivity index (χ1v) is 7.34. The number of nitrogens with two attached hydrogens (primary N) is 1. The number of rotatable bonds is 3. The van der Waals surface area contributed by atoms with Crippen LogP contribution in [0.5, 0.6) is 0 Å². The number of aromatic nitrogens is 3. The summed E-state index contributed by atoms with van der Waals surface area (Å²) in [5.41, 5.74) is 10.0. The van der Waals surface area contributed by atoms with E-state index in [0.29, 0.717) is 18.7 Å². The smallest absolute Gasteiger partial charge is 0.252 e. The van der Waals surface area contributed by atoms with Gasteiger partial charge < -0.3 is 10.6 Å². The van der Waals surface area contributed by atoms with Crippen molar-refractivity contribution >= 4 is 11.6 Å². The Morgan fingerprint density at radius 2 is 1.91 bits per heavy atom. The lowest BCUT2D eigenvalue weighted by Gasteiger charge is -2.20. The fourth-order valence-corrected chi connectivity index (χ4v) is 2.97. The van der Waals surface area contributed by atoms with Crippen LogP contribution >= 0.6 is 0 Å². The molecule has 1 amide bonds. The first-order valence-electron chi connectivity index (χ1n) is 7.34. The molecular weight excluding hydrogens is 290 g/mol. The second kappa shape index (κ2) is 5.24. The highest BCUT2D eigenvalue weighted by molar-refractivity contribution is 5.98. The lowest BCUT2D eigenvalue weighted by Crippen LogP contribution is -2.22. The van der Waals surface area contributed by atoms with E-state index in [1.54, 1.807) is 6.20 Å². The third-order valence-corrected chi connectivity index (χ3v) is 4.06. The monoisotopic (exact) mass is 305 g/mol. The first kappa shape index (κ1) is 13.5. The van der Waals surface area contributed by atoms with E-state index in [0.717, 1.165) is 22.6 Å². The van der Waals surface area contributed by atoms with E-state index in [1.807, 2.05) is 47.3 Å². The average Bonchev–Trinajstić information content (AvgIpc) is 3.16. The normalized spacial score (nSPS) is 13.1. The van der Waals surface area contributed by atoms with Crippen molar-refractivity contribution < 1.29 is 4.79 Å². The molecule has 1 aromatic carbocycles. The quantitative estimate of drug-likeness (QED) is 0.801. The molecular formula is C17H15N5O. The Labute approximate surface area is 133 Å². The summed E-state index contributed by atoms with van der Waals surface area (Å²) in [6, 6.07) is 11.8. The number of benzene rings is 1. The Hall–Kier alpha value is -3.15. The molecule has 4 rings (SSSR count). The van der Waals surface area contributed by atoms with Gasteiger partial charge in [-0.05, 0) is 18.2 Å².